The van der Waals surface area contributed by atoms with E-state index < -0.39 is 0 Å². The highest BCUT2D eigenvalue weighted by Gasteiger charge is 2.16. The number of morpholine rings is 1. The van der Waals surface area contributed by atoms with Crippen LogP contribution in [0.3, 0.4) is 0 Å². The van der Waals surface area contributed by atoms with E-state index in [1.165, 1.54) is 0 Å². The molecule has 6 heteroatoms. The third kappa shape index (κ3) is 3.48. The number of hydrogen-bond donors (Lipinski definition) is 3. The number of carbonyl (C=O) groups excluding carboxylic acids is 1. The SMILES string of the molecule is CC(CN1CCOCC1)NC(=O)c1cc(N)c[nH]1. The number of carbonyl (C=O) groups is 1. The Labute approximate surface area is 106 Å². The van der Waals surface area contributed by atoms with Gasteiger partial charge in [0.1, 0.15) is 5.69 Å². The molecule has 0 spiro atoms. The Hall–Kier alpha value is -1.53. The van der Waals surface area contributed by atoms with Crippen LogP contribution in [-0.2, 0) is 4.74 Å². The van der Waals surface area contributed by atoms with Crippen LogP contribution in [0.1, 0.15) is 17.4 Å². The summed E-state index contributed by atoms with van der Waals surface area (Å²) in [7, 11) is 0. The Morgan fingerprint density at radius 2 is 2.33 bits per heavy atom. The molecule has 100 valence electrons. The van der Waals surface area contributed by atoms with E-state index >= 15 is 0 Å². The first kappa shape index (κ1) is 12.9. The lowest BCUT2D eigenvalue weighted by Gasteiger charge is -2.29. The first-order valence-corrected chi connectivity index (χ1v) is 6.20. The summed E-state index contributed by atoms with van der Waals surface area (Å²) in [6, 6.07) is 1.73. The zero-order chi connectivity index (χ0) is 13.0. The van der Waals surface area contributed by atoms with Crippen molar-refractivity contribution in [2.24, 2.45) is 0 Å². The fraction of sp³-hybridized carbons (Fsp3) is 0.583. The molecule has 0 radical (unpaired) electrons. The summed E-state index contributed by atoms with van der Waals surface area (Å²) < 4.78 is 5.29. The molecule has 0 aromatic carbocycles. The molecule has 1 aromatic heterocycles. The standard InChI is InChI=1S/C12H20N4O2/c1-9(8-16-2-4-18-5-3-16)15-12(17)11-6-10(13)7-14-11/h6-7,9,14H,2-5,8,13H2,1H3,(H,15,17). The van der Waals surface area contributed by atoms with Gasteiger partial charge in [0, 0.05) is 37.6 Å². The van der Waals surface area contributed by atoms with Crippen LogP contribution in [0.15, 0.2) is 12.3 Å². The van der Waals surface area contributed by atoms with E-state index in [0.717, 1.165) is 32.8 Å². The van der Waals surface area contributed by atoms with E-state index in [9.17, 15) is 4.79 Å². The highest BCUT2D eigenvalue weighted by molar-refractivity contribution is 5.93. The van der Waals surface area contributed by atoms with Crippen molar-refractivity contribution in [3.8, 4) is 0 Å². The van der Waals surface area contributed by atoms with Gasteiger partial charge in [-0.05, 0) is 13.0 Å². The van der Waals surface area contributed by atoms with Gasteiger partial charge in [0.05, 0.1) is 13.2 Å². The first-order chi connectivity index (χ1) is 8.65. The van der Waals surface area contributed by atoms with Crippen molar-refractivity contribution < 1.29 is 9.53 Å². The minimum Gasteiger partial charge on any atom is -0.397 e. The van der Waals surface area contributed by atoms with E-state index in [1.54, 1.807) is 12.3 Å². The molecule has 0 bridgehead atoms. The summed E-state index contributed by atoms with van der Waals surface area (Å²) in [5.41, 5.74) is 6.63. The molecule has 0 aliphatic carbocycles. The Balaban J connectivity index is 1.79. The van der Waals surface area contributed by atoms with Gasteiger partial charge in [-0.2, -0.15) is 0 Å². The van der Waals surface area contributed by atoms with Gasteiger partial charge in [-0.3, -0.25) is 9.69 Å². The highest BCUT2D eigenvalue weighted by Crippen LogP contribution is 2.05. The molecular formula is C12H20N4O2. The number of hydrogen-bond acceptors (Lipinski definition) is 4. The first-order valence-electron chi connectivity index (χ1n) is 6.20. The molecule has 18 heavy (non-hydrogen) atoms. The number of aromatic nitrogens is 1. The quantitative estimate of drug-likeness (QED) is 0.707. The van der Waals surface area contributed by atoms with E-state index in [0.29, 0.717) is 11.4 Å². The van der Waals surface area contributed by atoms with Gasteiger partial charge in [0.25, 0.3) is 5.91 Å². The minimum atomic E-state index is -0.118. The maximum absolute atomic E-state index is 11.9. The van der Waals surface area contributed by atoms with Crippen LogP contribution < -0.4 is 11.1 Å². The van der Waals surface area contributed by atoms with E-state index in [1.807, 2.05) is 6.92 Å². The molecule has 1 unspecified atom stereocenters. The molecule has 2 heterocycles. The lowest BCUT2D eigenvalue weighted by molar-refractivity contribution is 0.0342. The number of anilines is 1. The third-order valence-electron chi connectivity index (χ3n) is 2.96. The molecule has 1 amide bonds. The highest BCUT2D eigenvalue weighted by atomic mass is 16.5. The number of amides is 1. The van der Waals surface area contributed by atoms with Gasteiger partial charge in [0.15, 0.2) is 0 Å². The fourth-order valence-electron chi connectivity index (χ4n) is 2.06. The molecule has 1 saturated heterocycles. The van der Waals surface area contributed by atoms with E-state index in [4.69, 9.17) is 10.5 Å². The lowest BCUT2D eigenvalue weighted by atomic mass is 10.2. The van der Waals surface area contributed by atoms with Crippen LogP contribution in [0.25, 0.3) is 0 Å². The molecule has 1 atom stereocenters. The van der Waals surface area contributed by atoms with Crippen LogP contribution in [-0.4, -0.2) is 54.7 Å². The van der Waals surface area contributed by atoms with Gasteiger partial charge >= 0.3 is 0 Å². The van der Waals surface area contributed by atoms with Gasteiger partial charge in [-0.15, -0.1) is 0 Å². The second-order valence-electron chi connectivity index (χ2n) is 4.63. The van der Waals surface area contributed by atoms with Crippen LogP contribution in [0, 0.1) is 0 Å². The summed E-state index contributed by atoms with van der Waals surface area (Å²) in [6.07, 6.45) is 1.61. The van der Waals surface area contributed by atoms with Crippen molar-refractivity contribution in [1.29, 1.82) is 0 Å². The van der Waals surface area contributed by atoms with E-state index in [2.05, 4.69) is 15.2 Å². The zero-order valence-corrected chi connectivity index (χ0v) is 10.6. The van der Waals surface area contributed by atoms with Crippen molar-refractivity contribution in [2.75, 3.05) is 38.6 Å². The van der Waals surface area contributed by atoms with Gasteiger partial charge < -0.3 is 20.8 Å². The summed E-state index contributed by atoms with van der Waals surface area (Å²) >= 11 is 0. The summed E-state index contributed by atoms with van der Waals surface area (Å²) in [5.74, 6) is -0.118. The van der Waals surface area contributed by atoms with Crippen LogP contribution >= 0.6 is 0 Å². The Kier molecular flexibility index (Phi) is 4.22. The minimum absolute atomic E-state index is 0.0973. The monoisotopic (exact) mass is 252 g/mol. The Morgan fingerprint density at radius 1 is 1.61 bits per heavy atom. The number of rotatable bonds is 4. The van der Waals surface area contributed by atoms with Gasteiger partial charge in [-0.1, -0.05) is 0 Å². The summed E-state index contributed by atoms with van der Waals surface area (Å²) in [4.78, 5) is 17.0. The molecule has 2 rings (SSSR count). The molecule has 0 saturated carbocycles. The van der Waals surface area contributed by atoms with Crippen LogP contribution in [0.2, 0.25) is 0 Å². The summed E-state index contributed by atoms with van der Waals surface area (Å²) in [5, 5.41) is 2.95. The fourth-order valence-corrected chi connectivity index (χ4v) is 2.06. The number of nitrogens with one attached hydrogen (secondary N) is 2. The number of nitrogens with two attached hydrogens (primary N) is 1. The summed E-state index contributed by atoms with van der Waals surface area (Å²) in [6.45, 7) is 6.23. The zero-order valence-electron chi connectivity index (χ0n) is 10.6. The molecule has 4 N–H and O–H groups in total. The second-order valence-corrected chi connectivity index (χ2v) is 4.63. The average molecular weight is 252 g/mol. The van der Waals surface area contributed by atoms with Crippen LogP contribution in [0.5, 0.6) is 0 Å². The average Bonchev–Trinajstić information content (AvgIpc) is 2.77. The molecular weight excluding hydrogens is 232 g/mol. The van der Waals surface area contributed by atoms with Crippen LogP contribution in [0.4, 0.5) is 5.69 Å². The predicted molar refractivity (Wildman–Crippen MR) is 69.4 cm³/mol. The number of nitrogens with zero attached hydrogens (tertiary/aromatic N) is 1. The lowest BCUT2D eigenvalue weighted by Crippen LogP contribution is -2.46. The third-order valence-corrected chi connectivity index (χ3v) is 2.96. The van der Waals surface area contributed by atoms with E-state index in [-0.39, 0.29) is 11.9 Å². The normalized spacial score (nSPS) is 18.5. The number of H-pyrrole nitrogens is 1. The van der Waals surface area contributed by atoms with Gasteiger partial charge in [-0.25, -0.2) is 0 Å². The Bertz CT molecular complexity index is 399. The molecule has 1 aromatic rings. The largest absolute Gasteiger partial charge is 0.397 e. The maximum atomic E-state index is 11.9. The second kappa shape index (κ2) is 5.88. The van der Waals surface area contributed by atoms with Crippen molar-refractivity contribution in [2.45, 2.75) is 13.0 Å². The maximum Gasteiger partial charge on any atom is 0.268 e. The van der Waals surface area contributed by atoms with Gasteiger partial charge in [0.2, 0.25) is 0 Å². The number of nitrogen functional groups attached to an aromatic ring is 1. The van der Waals surface area contributed by atoms with Crippen molar-refractivity contribution in [3.63, 3.8) is 0 Å². The number of aromatic amines is 1. The van der Waals surface area contributed by atoms with Crippen molar-refractivity contribution in [1.82, 2.24) is 15.2 Å². The van der Waals surface area contributed by atoms with Crippen molar-refractivity contribution in [3.05, 3.63) is 18.0 Å². The van der Waals surface area contributed by atoms with Crippen molar-refractivity contribution >= 4 is 11.6 Å². The topological polar surface area (TPSA) is 83.4 Å². The Morgan fingerprint density at radius 3 is 2.94 bits per heavy atom. The predicted octanol–water partition coefficient (Wildman–Crippen LogP) is 0.0474. The molecule has 1 aliphatic heterocycles. The molecule has 6 nitrogen and oxygen atoms in total. The number of ether oxygens (including phenoxy) is 1. The molecule has 1 fully saturated rings. The smallest absolute Gasteiger partial charge is 0.268 e. The molecule has 1 aliphatic rings.